The van der Waals surface area contributed by atoms with Crippen LogP contribution in [0.4, 0.5) is 0 Å². The molecule has 0 saturated carbocycles. The topological polar surface area (TPSA) is 149 Å². The quantitative estimate of drug-likeness (QED) is 0.0254. The molecule has 0 bridgehead atoms. The smallest absolute Gasteiger partial charge is 0.462 e. The van der Waals surface area contributed by atoms with Gasteiger partial charge in [-0.15, -0.1) is 0 Å². The maximum atomic E-state index is 12.5. The summed E-state index contributed by atoms with van der Waals surface area (Å²) in [4.78, 5) is 34.7. The Bertz CT molecular complexity index is 807. The third-order valence-corrected chi connectivity index (χ3v) is 8.87. The molecule has 3 N–H and O–H groups in total. The van der Waals surface area contributed by atoms with Crippen molar-refractivity contribution in [2.45, 2.75) is 180 Å². The lowest BCUT2D eigenvalue weighted by Crippen LogP contribution is -2.29. The Morgan fingerprint density at radius 2 is 1.04 bits per heavy atom. The first kappa shape index (κ1) is 45.7. The van der Waals surface area contributed by atoms with Crippen LogP contribution < -0.4 is 0 Å². The van der Waals surface area contributed by atoms with Crippen molar-refractivity contribution in [3.63, 3.8) is 0 Å². The second-order valence-electron chi connectivity index (χ2n) is 12.6. The molecule has 0 amide bonds. The lowest BCUT2D eigenvalue weighted by Gasteiger charge is -2.20. The van der Waals surface area contributed by atoms with Gasteiger partial charge in [-0.3, -0.25) is 18.6 Å². The van der Waals surface area contributed by atoms with Crippen molar-refractivity contribution in [2.24, 2.45) is 0 Å². The summed E-state index contributed by atoms with van der Waals surface area (Å²) < 4.78 is 32.5. The summed E-state index contributed by atoms with van der Waals surface area (Å²) in [7, 11) is -4.60. The number of aliphatic hydroxyl groups excluding tert-OH is 2. The molecule has 0 heterocycles. The van der Waals surface area contributed by atoms with Gasteiger partial charge in [0.25, 0.3) is 0 Å². The Balaban J connectivity index is 4.36. The van der Waals surface area contributed by atoms with Crippen molar-refractivity contribution in [3.05, 3.63) is 12.2 Å². The normalized spacial score (nSPS) is 14.2. The van der Waals surface area contributed by atoms with Gasteiger partial charge in [0.1, 0.15) is 12.7 Å². The molecular formula is C36H69O10P. The van der Waals surface area contributed by atoms with E-state index in [1.54, 1.807) is 0 Å². The number of unbranched alkanes of at least 4 members (excludes halogenated alkanes) is 19. The van der Waals surface area contributed by atoms with Gasteiger partial charge in [0.05, 0.1) is 19.8 Å². The molecule has 0 aromatic rings. The summed E-state index contributed by atoms with van der Waals surface area (Å²) in [6.45, 7) is 2.33. The first-order valence-electron chi connectivity index (χ1n) is 18.6. The van der Waals surface area contributed by atoms with E-state index >= 15 is 0 Å². The van der Waals surface area contributed by atoms with Gasteiger partial charge in [-0.2, -0.15) is 0 Å². The zero-order valence-electron chi connectivity index (χ0n) is 29.8. The fourth-order valence-electron chi connectivity index (χ4n) is 4.99. The highest BCUT2D eigenvalue weighted by Gasteiger charge is 2.27. The van der Waals surface area contributed by atoms with E-state index < -0.39 is 51.8 Å². The van der Waals surface area contributed by atoms with E-state index in [2.05, 4.69) is 30.5 Å². The predicted molar refractivity (Wildman–Crippen MR) is 187 cm³/mol. The maximum absolute atomic E-state index is 12.5. The lowest BCUT2D eigenvalue weighted by atomic mass is 10.1. The molecule has 11 heteroatoms. The molecule has 0 spiro atoms. The van der Waals surface area contributed by atoms with Crippen LogP contribution in [0.25, 0.3) is 0 Å². The molecule has 10 nitrogen and oxygen atoms in total. The number of hydrogen-bond acceptors (Lipinski definition) is 9. The Morgan fingerprint density at radius 3 is 1.53 bits per heavy atom. The van der Waals surface area contributed by atoms with Crippen LogP contribution in [0.5, 0.6) is 0 Å². The molecule has 0 aliphatic carbocycles. The van der Waals surface area contributed by atoms with Crippen molar-refractivity contribution < 1.29 is 47.8 Å². The van der Waals surface area contributed by atoms with Crippen LogP contribution in [-0.4, -0.2) is 65.7 Å². The van der Waals surface area contributed by atoms with E-state index in [0.29, 0.717) is 12.8 Å². The Hall–Kier alpha value is -1.29. The van der Waals surface area contributed by atoms with E-state index in [1.165, 1.54) is 77.0 Å². The largest absolute Gasteiger partial charge is 0.472 e. The zero-order valence-corrected chi connectivity index (χ0v) is 30.6. The number of esters is 2. The molecule has 0 rings (SSSR count). The zero-order chi connectivity index (χ0) is 34.9. The first-order valence-corrected chi connectivity index (χ1v) is 20.1. The maximum Gasteiger partial charge on any atom is 0.472 e. The van der Waals surface area contributed by atoms with Crippen molar-refractivity contribution in [1.29, 1.82) is 0 Å². The van der Waals surface area contributed by atoms with Gasteiger partial charge < -0.3 is 24.6 Å². The number of phosphoric ester groups is 1. The number of ether oxygens (including phenoxy) is 2. The summed E-state index contributed by atoms with van der Waals surface area (Å²) in [6, 6.07) is 0. The fraction of sp³-hybridized carbons (Fsp3) is 0.889. The van der Waals surface area contributed by atoms with Crippen LogP contribution in [0.1, 0.15) is 168 Å². The molecular weight excluding hydrogens is 623 g/mol. The van der Waals surface area contributed by atoms with Crippen LogP contribution in [0.2, 0.25) is 0 Å². The number of hydrogen-bond donors (Lipinski definition) is 3. The highest BCUT2D eigenvalue weighted by atomic mass is 31.2. The molecule has 0 aliphatic rings. The standard InChI is InChI=1S/C36H69O10P/c1-3-5-7-9-11-13-15-16-17-18-20-21-23-25-27-35(39)43-31-34(32-45-47(41,42)44-30-33(38)29-37)46-36(40)28-26-24-22-19-14-12-10-8-6-4-2/h15-16,33-34,37-38H,3-14,17-32H2,1-2H3,(H,41,42)/b16-15-/t33-,34+/m0/s1. The van der Waals surface area contributed by atoms with Crippen molar-refractivity contribution in [2.75, 3.05) is 26.4 Å². The minimum absolute atomic E-state index is 0.186. The van der Waals surface area contributed by atoms with E-state index in [9.17, 15) is 24.2 Å². The van der Waals surface area contributed by atoms with Crippen LogP contribution in [0.15, 0.2) is 12.2 Å². The van der Waals surface area contributed by atoms with Gasteiger partial charge >= 0.3 is 19.8 Å². The summed E-state index contributed by atoms with van der Waals surface area (Å²) >= 11 is 0. The molecule has 0 aromatic heterocycles. The van der Waals surface area contributed by atoms with Crippen LogP contribution in [0.3, 0.4) is 0 Å². The summed E-state index contributed by atoms with van der Waals surface area (Å²) in [6.07, 6.45) is 27.6. The summed E-state index contributed by atoms with van der Waals surface area (Å²) in [5.41, 5.74) is 0. The third-order valence-electron chi connectivity index (χ3n) is 7.92. The first-order chi connectivity index (χ1) is 22.7. The number of aliphatic hydroxyl groups is 2. The van der Waals surface area contributed by atoms with E-state index in [4.69, 9.17) is 19.1 Å². The van der Waals surface area contributed by atoms with Crippen molar-refractivity contribution in [1.82, 2.24) is 0 Å². The Kier molecular flexibility index (Phi) is 32.3. The molecule has 0 radical (unpaired) electrons. The van der Waals surface area contributed by atoms with Crippen LogP contribution in [-0.2, 0) is 32.7 Å². The van der Waals surface area contributed by atoms with Crippen molar-refractivity contribution >= 4 is 19.8 Å². The monoisotopic (exact) mass is 692 g/mol. The third kappa shape index (κ3) is 33.0. The van der Waals surface area contributed by atoms with Gasteiger partial charge in [-0.05, 0) is 38.5 Å². The summed E-state index contributed by atoms with van der Waals surface area (Å²) in [5.74, 6) is -0.933. The predicted octanol–water partition coefficient (Wildman–Crippen LogP) is 8.89. The highest BCUT2D eigenvalue weighted by molar-refractivity contribution is 7.47. The van der Waals surface area contributed by atoms with Gasteiger partial charge in [-0.1, -0.05) is 129 Å². The minimum atomic E-state index is -4.60. The molecule has 0 aromatic carbocycles. The average molecular weight is 693 g/mol. The fourth-order valence-corrected chi connectivity index (χ4v) is 5.78. The highest BCUT2D eigenvalue weighted by Crippen LogP contribution is 2.43. The van der Waals surface area contributed by atoms with E-state index in [-0.39, 0.29) is 19.4 Å². The van der Waals surface area contributed by atoms with Gasteiger partial charge in [0.15, 0.2) is 6.10 Å². The summed E-state index contributed by atoms with van der Waals surface area (Å²) in [5, 5.41) is 18.2. The SMILES string of the molecule is CCCCCCC/C=C\CCCCCCCC(=O)OC[C@H](COP(=O)(O)OC[C@@H](O)CO)OC(=O)CCCCCCCCCCCC. The number of allylic oxidation sites excluding steroid dienone is 2. The molecule has 278 valence electrons. The number of carbonyl (C=O) groups is 2. The van der Waals surface area contributed by atoms with Gasteiger partial charge in [0, 0.05) is 12.8 Å². The van der Waals surface area contributed by atoms with Gasteiger partial charge in [-0.25, -0.2) is 4.57 Å². The molecule has 3 atom stereocenters. The van der Waals surface area contributed by atoms with Crippen LogP contribution >= 0.6 is 7.82 Å². The second-order valence-corrected chi connectivity index (χ2v) is 14.1. The number of carbonyl (C=O) groups excluding carboxylic acids is 2. The molecule has 0 saturated heterocycles. The Morgan fingerprint density at radius 1 is 0.617 bits per heavy atom. The lowest BCUT2D eigenvalue weighted by molar-refractivity contribution is -0.161. The molecule has 47 heavy (non-hydrogen) atoms. The van der Waals surface area contributed by atoms with E-state index in [0.717, 1.165) is 51.4 Å². The Labute approximate surface area is 286 Å². The molecule has 1 unspecified atom stereocenters. The molecule has 0 aliphatic heterocycles. The molecule has 0 fully saturated rings. The minimum Gasteiger partial charge on any atom is -0.462 e. The average Bonchev–Trinajstić information content (AvgIpc) is 3.05. The van der Waals surface area contributed by atoms with Gasteiger partial charge in [0.2, 0.25) is 0 Å². The number of rotatable bonds is 35. The van der Waals surface area contributed by atoms with E-state index in [1.807, 2.05) is 0 Å². The second kappa shape index (κ2) is 33.2. The van der Waals surface area contributed by atoms with Crippen molar-refractivity contribution in [3.8, 4) is 0 Å². The van der Waals surface area contributed by atoms with Crippen LogP contribution in [0, 0.1) is 0 Å². The number of phosphoric acid groups is 1.